The number of nitrogens with zero attached hydrogens (tertiary/aromatic N) is 1. The maximum atomic E-state index is 11.4. The fourth-order valence-electron chi connectivity index (χ4n) is 3.32. The second-order valence-corrected chi connectivity index (χ2v) is 5.98. The van der Waals surface area contributed by atoms with Crippen molar-refractivity contribution in [1.82, 2.24) is 10.2 Å². The van der Waals surface area contributed by atoms with E-state index in [1.165, 1.54) is 0 Å². The maximum Gasteiger partial charge on any atom is 0.352 e. The number of carbonyl (C=O) groups is 2. The van der Waals surface area contributed by atoms with E-state index in [0.717, 1.165) is 25.8 Å². The smallest absolute Gasteiger partial charge is 0.352 e. The Hall–Kier alpha value is -1.82. The maximum absolute atomic E-state index is 11.4. The SMILES string of the molecule is CC1=C(C(=O)O)NC(C(=O)O)=CC1(C)N1CCCCC1C. The highest BCUT2D eigenvalue weighted by molar-refractivity contribution is 5.94. The number of carboxylic acid groups (broad SMARTS) is 2. The predicted octanol–water partition coefficient (Wildman–Crippen LogP) is 1.55. The molecule has 21 heavy (non-hydrogen) atoms. The third-order valence-electron chi connectivity index (χ3n) is 4.66. The van der Waals surface area contributed by atoms with Crippen LogP contribution in [0.1, 0.15) is 40.0 Å². The number of hydrogen-bond donors (Lipinski definition) is 3. The van der Waals surface area contributed by atoms with Crippen molar-refractivity contribution in [1.29, 1.82) is 0 Å². The van der Waals surface area contributed by atoms with Crippen LogP contribution in [-0.2, 0) is 9.59 Å². The normalized spacial score (nSPS) is 30.6. The predicted molar refractivity (Wildman–Crippen MR) is 77.6 cm³/mol. The van der Waals surface area contributed by atoms with Gasteiger partial charge >= 0.3 is 11.9 Å². The first-order chi connectivity index (χ1) is 9.77. The molecule has 0 saturated carbocycles. The van der Waals surface area contributed by atoms with Crippen molar-refractivity contribution in [3.63, 3.8) is 0 Å². The van der Waals surface area contributed by atoms with Crippen molar-refractivity contribution >= 4 is 11.9 Å². The average molecular weight is 294 g/mol. The molecule has 0 aromatic rings. The molecule has 0 radical (unpaired) electrons. The van der Waals surface area contributed by atoms with E-state index in [2.05, 4.69) is 17.1 Å². The van der Waals surface area contributed by atoms with Gasteiger partial charge in [-0.3, -0.25) is 4.90 Å². The lowest BCUT2D eigenvalue weighted by molar-refractivity contribution is -0.133. The number of dihydropyridines is 1. The van der Waals surface area contributed by atoms with Gasteiger partial charge in [0.2, 0.25) is 0 Å². The van der Waals surface area contributed by atoms with Gasteiger partial charge in [0.25, 0.3) is 0 Å². The lowest BCUT2D eigenvalue weighted by atomic mass is 9.82. The molecule has 2 unspecified atom stereocenters. The topological polar surface area (TPSA) is 89.9 Å². The van der Waals surface area contributed by atoms with Crippen molar-refractivity contribution < 1.29 is 19.8 Å². The zero-order valence-electron chi connectivity index (χ0n) is 12.6. The highest BCUT2D eigenvalue weighted by atomic mass is 16.4. The first kappa shape index (κ1) is 15.6. The molecule has 0 aliphatic carbocycles. The Morgan fingerprint density at radius 1 is 1.33 bits per heavy atom. The molecule has 0 spiro atoms. The molecule has 2 rings (SSSR count). The van der Waals surface area contributed by atoms with Crippen molar-refractivity contribution in [3.05, 3.63) is 23.0 Å². The standard InChI is InChI=1S/C15H22N2O4/c1-9-6-4-5-7-17(9)15(3)8-11(13(18)19)16-12(10(15)2)14(20)21/h8-9,16H,4-7H2,1-3H3,(H,18,19)(H,20,21). The third kappa shape index (κ3) is 2.68. The molecule has 1 fully saturated rings. The van der Waals surface area contributed by atoms with Crippen LogP contribution in [0.15, 0.2) is 23.0 Å². The lowest BCUT2D eigenvalue weighted by Gasteiger charge is -2.48. The minimum absolute atomic E-state index is 0.0322. The Balaban J connectivity index is 2.51. The summed E-state index contributed by atoms with van der Waals surface area (Å²) in [5.41, 5.74) is -0.144. The van der Waals surface area contributed by atoms with Crippen LogP contribution >= 0.6 is 0 Å². The third-order valence-corrected chi connectivity index (χ3v) is 4.66. The fourth-order valence-corrected chi connectivity index (χ4v) is 3.32. The second kappa shape index (κ2) is 5.52. The Morgan fingerprint density at radius 2 is 2.00 bits per heavy atom. The van der Waals surface area contributed by atoms with Crippen molar-refractivity contribution in [3.8, 4) is 0 Å². The molecule has 2 heterocycles. The minimum Gasteiger partial charge on any atom is -0.477 e. The number of hydrogen-bond acceptors (Lipinski definition) is 4. The first-order valence-corrected chi connectivity index (χ1v) is 7.22. The van der Waals surface area contributed by atoms with Crippen LogP contribution in [0.5, 0.6) is 0 Å². The number of carboxylic acids is 2. The number of likely N-dealkylation sites (tertiary alicyclic amines) is 1. The molecule has 3 N–H and O–H groups in total. The summed E-state index contributed by atoms with van der Waals surface area (Å²) in [7, 11) is 0. The molecule has 6 heteroatoms. The Labute approximate surface area is 124 Å². The first-order valence-electron chi connectivity index (χ1n) is 7.22. The molecule has 0 aromatic heterocycles. The van der Waals surface area contributed by atoms with Gasteiger partial charge in [-0.15, -0.1) is 0 Å². The van der Waals surface area contributed by atoms with Gasteiger partial charge in [0, 0.05) is 6.04 Å². The summed E-state index contributed by atoms with van der Waals surface area (Å²) in [4.78, 5) is 24.9. The molecule has 0 bridgehead atoms. The monoisotopic (exact) mass is 294 g/mol. The number of nitrogens with one attached hydrogen (secondary N) is 1. The van der Waals surface area contributed by atoms with E-state index < -0.39 is 17.5 Å². The van der Waals surface area contributed by atoms with Crippen LogP contribution in [0.25, 0.3) is 0 Å². The largest absolute Gasteiger partial charge is 0.477 e. The molecule has 0 aromatic carbocycles. The minimum atomic E-state index is -1.14. The quantitative estimate of drug-likeness (QED) is 0.731. The number of aliphatic carboxylic acids is 2. The summed E-state index contributed by atoms with van der Waals surface area (Å²) in [5, 5.41) is 21.1. The highest BCUT2D eigenvalue weighted by Gasteiger charge is 2.42. The zero-order chi connectivity index (χ0) is 15.8. The lowest BCUT2D eigenvalue weighted by Crippen LogP contribution is -2.55. The summed E-state index contributed by atoms with van der Waals surface area (Å²) in [5.74, 6) is -2.27. The molecular formula is C15H22N2O4. The van der Waals surface area contributed by atoms with Crippen LogP contribution in [0.3, 0.4) is 0 Å². The fraction of sp³-hybridized carbons (Fsp3) is 0.600. The van der Waals surface area contributed by atoms with Gasteiger partial charge in [-0.1, -0.05) is 6.42 Å². The van der Waals surface area contributed by atoms with Crippen molar-refractivity contribution in [2.24, 2.45) is 0 Å². The number of rotatable bonds is 3. The van der Waals surface area contributed by atoms with E-state index in [9.17, 15) is 19.8 Å². The van der Waals surface area contributed by atoms with Gasteiger partial charge in [0.1, 0.15) is 11.4 Å². The molecule has 116 valence electrons. The van der Waals surface area contributed by atoms with E-state index in [1.807, 2.05) is 6.92 Å². The molecule has 6 nitrogen and oxygen atoms in total. The van der Waals surface area contributed by atoms with Gasteiger partial charge in [0.15, 0.2) is 0 Å². The van der Waals surface area contributed by atoms with E-state index in [-0.39, 0.29) is 17.4 Å². The Morgan fingerprint density at radius 3 is 2.52 bits per heavy atom. The van der Waals surface area contributed by atoms with Gasteiger partial charge < -0.3 is 15.5 Å². The summed E-state index contributed by atoms with van der Waals surface area (Å²) in [6.45, 7) is 6.60. The van der Waals surface area contributed by atoms with Crippen LogP contribution in [0.2, 0.25) is 0 Å². The molecular weight excluding hydrogens is 272 g/mol. The Bertz CT molecular complexity index is 538. The van der Waals surface area contributed by atoms with Gasteiger partial charge in [-0.2, -0.15) is 0 Å². The molecule has 2 aliphatic rings. The summed E-state index contributed by atoms with van der Waals surface area (Å²) >= 11 is 0. The Kier molecular flexibility index (Phi) is 4.09. The van der Waals surface area contributed by atoms with Crippen LogP contribution in [-0.4, -0.2) is 45.2 Å². The summed E-state index contributed by atoms with van der Waals surface area (Å²) < 4.78 is 0. The zero-order valence-corrected chi connectivity index (χ0v) is 12.6. The van der Waals surface area contributed by atoms with Crippen LogP contribution in [0.4, 0.5) is 0 Å². The van der Waals surface area contributed by atoms with Crippen molar-refractivity contribution in [2.75, 3.05) is 6.54 Å². The van der Waals surface area contributed by atoms with Crippen molar-refractivity contribution in [2.45, 2.75) is 51.6 Å². The van der Waals surface area contributed by atoms with Gasteiger partial charge in [-0.05, 0) is 51.8 Å². The van der Waals surface area contributed by atoms with Gasteiger partial charge in [0.05, 0.1) is 5.54 Å². The summed E-state index contributed by atoms with van der Waals surface area (Å²) in [6.07, 6.45) is 4.86. The molecule has 2 aliphatic heterocycles. The van der Waals surface area contributed by atoms with Crippen LogP contribution < -0.4 is 5.32 Å². The van der Waals surface area contributed by atoms with E-state index in [0.29, 0.717) is 5.57 Å². The summed E-state index contributed by atoms with van der Waals surface area (Å²) in [6, 6.07) is 0.290. The molecule has 2 atom stereocenters. The number of piperidine rings is 1. The average Bonchev–Trinajstić information content (AvgIpc) is 2.41. The van der Waals surface area contributed by atoms with E-state index in [4.69, 9.17) is 0 Å². The molecule has 1 saturated heterocycles. The van der Waals surface area contributed by atoms with Crippen LogP contribution in [0, 0.1) is 0 Å². The van der Waals surface area contributed by atoms with E-state index in [1.54, 1.807) is 13.0 Å². The molecule has 0 amide bonds. The van der Waals surface area contributed by atoms with E-state index >= 15 is 0 Å². The second-order valence-electron chi connectivity index (χ2n) is 5.98. The highest BCUT2D eigenvalue weighted by Crippen LogP contribution is 2.36. The van der Waals surface area contributed by atoms with Gasteiger partial charge in [-0.25, -0.2) is 9.59 Å².